The number of sulfonamides is 1. The molecule has 0 atom stereocenters. The monoisotopic (exact) mass is 440 g/mol. The second kappa shape index (κ2) is 7.74. The highest BCUT2D eigenvalue weighted by molar-refractivity contribution is 7.93. The van der Waals surface area contributed by atoms with Crippen molar-refractivity contribution >= 4 is 33.0 Å². The lowest BCUT2D eigenvalue weighted by Crippen LogP contribution is -2.31. The number of rotatable bonds is 5. The van der Waals surface area contributed by atoms with Crippen molar-refractivity contribution in [2.45, 2.75) is 32.2 Å². The average molecular weight is 441 g/mol. The van der Waals surface area contributed by atoms with Gasteiger partial charge in [-0.15, -0.1) is 10.2 Å². The Morgan fingerprint density at radius 3 is 2.47 bits per heavy atom. The van der Waals surface area contributed by atoms with Crippen molar-refractivity contribution in [3.05, 3.63) is 88.3 Å². The molecule has 2 aromatic heterocycles. The second-order valence-electron chi connectivity index (χ2n) is 7.23. The summed E-state index contributed by atoms with van der Waals surface area (Å²) in [5.74, 6) is 0.620. The van der Waals surface area contributed by atoms with Crippen LogP contribution in [0.15, 0.2) is 65.7 Å². The number of fused-ring (bicyclic) bond motifs is 1. The average Bonchev–Trinajstić information content (AvgIpc) is 3.10. The highest BCUT2D eigenvalue weighted by atomic mass is 35.5. The number of nitrogens with zero attached hydrogens (tertiary/aromatic N) is 4. The Morgan fingerprint density at radius 2 is 1.73 bits per heavy atom. The number of hydrogen-bond donors (Lipinski definition) is 0. The molecule has 154 valence electrons. The quantitative estimate of drug-likeness (QED) is 0.451. The molecule has 0 N–H and O–H groups in total. The van der Waals surface area contributed by atoms with Crippen LogP contribution in [0, 0.1) is 20.8 Å². The molecular formula is C22H21ClN4O2S. The molecule has 6 nitrogen and oxygen atoms in total. The van der Waals surface area contributed by atoms with Gasteiger partial charge in [-0.1, -0.05) is 35.4 Å². The molecule has 4 rings (SSSR count). The van der Waals surface area contributed by atoms with Crippen molar-refractivity contribution in [3.63, 3.8) is 0 Å². The van der Waals surface area contributed by atoms with Gasteiger partial charge in [0.15, 0.2) is 5.65 Å². The first-order chi connectivity index (χ1) is 14.3. The van der Waals surface area contributed by atoms with E-state index in [1.807, 2.05) is 32.0 Å². The normalized spacial score (nSPS) is 11.7. The summed E-state index contributed by atoms with van der Waals surface area (Å²) in [4.78, 5) is 0.103. The first-order valence-corrected chi connectivity index (χ1v) is 11.2. The molecule has 0 aliphatic heterocycles. The summed E-state index contributed by atoms with van der Waals surface area (Å²) in [5, 5.41) is 8.68. The number of aromatic nitrogens is 3. The van der Waals surface area contributed by atoms with Crippen LogP contribution in [0.5, 0.6) is 0 Å². The molecule has 0 fully saturated rings. The number of pyridine rings is 1. The number of aryl methyl sites for hydroxylation is 3. The van der Waals surface area contributed by atoms with Gasteiger partial charge in [-0.3, -0.25) is 8.71 Å². The summed E-state index contributed by atoms with van der Waals surface area (Å²) in [5.41, 5.74) is 3.84. The van der Waals surface area contributed by atoms with E-state index in [9.17, 15) is 8.42 Å². The minimum atomic E-state index is -3.94. The topological polar surface area (TPSA) is 67.6 Å². The van der Waals surface area contributed by atoms with E-state index in [1.165, 1.54) is 4.31 Å². The van der Waals surface area contributed by atoms with Crippen molar-refractivity contribution in [2.24, 2.45) is 0 Å². The van der Waals surface area contributed by atoms with Crippen LogP contribution in [0.2, 0.25) is 5.02 Å². The molecule has 0 aliphatic carbocycles. The van der Waals surface area contributed by atoms with Crippen molar-refractivity contribution in [3.8, 4) is 0 Å². The third-order valence-corrected chi connectivity index (χ3v) is 7.12. The van der Waals surface area contributed by atoms with Gasteiger partial charge in [0.2, 0.25) is 0 Å². The fourth-order valence-corrected chi connectivity index (χ4v) is 5.07. The molecule has 0 saturated heterocycles. The Labute approximate surface area is 180 Å². The summed E-state index contributed by atoms with van der Waals surface area (Å²) >= 11 is 6.05. The van der Waals surface area contributed by atoms with Crippen molar-refractivity contribution in [1.29, 1.82) is 0 Å². The first kappa shape index (κ1) is 20.4. The van der Waals surface area contributed by atoms with Crippen LogP contribution in [0.25, 0.3) is 5.65 Å². The standard InChI is InChI=1S/C22H21ClN4O2S/c1-15-6-7-16(2)18(13-15)14-27(20-10-8-19(23)9-11-20)30(28,29)21-5-4-12-26-17(3)24-25-22(21)26/h4-13H,14H2,1-3H3. The number of benzene rings is 2. The molecule has 4 aromatic rings. The summed E-state index contributed by atoms with van der Waals surface area (Å²) < 4.78 is 30.8. The van der Waals surface area contributed by atoms with E-state index < -0.39 is 10.0 Å². The highest BCUT2D eigenvalue weighted by Gasteiger charge is 2.29. The van der Waals surface area contributed by atoms with Crippen molar-refractivity contribution in [2.75, 3.05) is 4.31 Å². The number of anilines is 1. The molecule has 8 heteroatoms. The lowest BCUT2D eigenvalue weighted by Gasteiger charge is -2.26. The Balaban J connectivity index is 1.90. The maximum absolute atomic E-state index is 13.9. The summed E-state index contributed by atoms with van der Waals surface area (Å²) in [6.45, 7) is 5.93. The van der Waals surface area contributed by atoms with E-state index in [0.29, 0.717) is 22.2 Å². The molecule has 0 saturated carbocycles. The van der Waals surface area contributed by atoms with E-state index in [0.717, 1.165) is 16.7 Å². The van der Waals surface area contributed by atoms with Crippen LogP contribution in [0.4, 0.5) is 5.69 Å². The van der Waals surface area contributed by atoms with E-state index in [4.69, 9.17) is 11.6 Å². The number of hydrogen-bond acceptors (Lipinski definition) is 4. The van der Waals surface area contributed by atoms with E-state index in [2.05, 4.69) is 10.2 Å². The van der Waals surface area contributed by atoms with Crippen LogP contribution in [0.3, 0.4) is 0 Å². The summed E-state index contributed by atoms with van der Waals surface area (Å²) in [7, 11) is -3.94. The molecular weight excluding hydrogens is 420 g/mol. The summed E-state index contributed by atoms with van der Waals surface area (Å²) in [6, 6.07) is 16.1. The van der Waals surface area contributed by atoms with Gasteiger partial charge in [0.05, 0.1) is 12.2 Å². The first-order valence-electron chi connectivity index (χ1n) is 9.42. The van der Waals surface area contributed by atoms with E-state index in [1.54, 1.807) is 53.9 Å². The molecule has 0 unspecified atom stereocenters. The fraction of sp³-hybridized carbons (Fsp3) is 0.182. The molecule has 2 aromatic carbocycles. The van der Waals surface area contributed by atoms with Gasteiger partial charge in [0, 0.05) is 11.2 Å². The Morgan fingerprint density at radius 1 is 1.00 bits per heavy atom. The van der Waals surface area contributed by atoms with Crippen molar-refractivity contribution < 1.29 is 8.42 Å². The molecule has 0 spiro atoms. The smallest absolute Gasteiger partial charge is 0.268 e. The molecule has 0 radical (unpaired) electrons. The van der Waals surface area contributed by atoms with Gasteiger partial charge in [-0.05, 0) is 68.3 Å². The maximum atomic E-state index is 13.9. The fourth-order valence-electron chi connectivity index (χ4n) is 3.37. The zero-order valence-electron chi connectivity index (χ0n) is 16.9. The van der Waals surface area contributed by atoms with Crippen molar-refractivity contribution in [1.82, 2.24) is 14.6 Å². The minimum absolute atomic E-state index is 0.103. The van der Waals surface area contributed by atoms with Gasteiger partial charge in [0.25, 0.3) is 10.0 Å². The third kappa shape index (κ3) is 3.66. The minimum Gasteiger partial charge on any atom is -0.286 e. The lowest BCUT2D eigenvalue weighted by atomic mass is 10.1. The zero-order valence-corrected chi connectivity index (χ0v) is 18.4. The number of halogens is 1. The predicted molar refractivity (Wildman–Crippen MR) is 118 cm³/mol. The molecule has 0 amide bonds. The van der Waals surface area contributed by atoms with Gasteiger partial charge in [-0.25, -0.2) is 8.42 Å². The van der Waals surface area contributed by atoms with E-state index in [-0.39, 0.29) is 11.4 Å². The maximum Gasteiger partial charge on any atom is 0.268 e. The van der Waals surface area contributed by atoms with Crippen LogP contribution in [-0.2, 0) is 16.6 Å². The Bertz CT molecular complexity index is 1330. The molecule has 0 bridgehead atoms. The van der Waals surface area contributed by atoms with Crippen LogP contribution < -0.4 is 4.31 Å². The van der Waals surface area contributed by atoms with Gasteiger partial charge in [-0.2, -0.15) is 0 Å². The molecule has 2 heterocycles. The lowest BCUT2D eigenvalue weighted by molar-refractivity contribution is 0.590. The Kier molecular flexibility index (Phi) is 5.26. The van der Waals surface area contributed by atoms with Crippen LogP contribution >= 0.6 is 11.6 Å². The van der Waals surface area contributed by atoms with Gasteiger partial charge < -0.3 is 0 Å². The highest BCUT2D eigenvalue weighted by Crippen LogP contribution is 2.29. The van der Waals surface area contributed by atoms with E-state index >= 15 is 0 Å². The molecule has 30 heavy (non-hydrogen) atoms. The largest absolute Gasteiger partial charge is 0.286 e. The Hall–Kier alpha value is -2.90. The zero-order chi connectivity index (χ0) is 21.5. The SMILES string of the molecule is Cc1ccc(C)c(CN(c2ccc(Cl)cc2)S(=O)(=O)c2cccn3c(C)nnc23)c1. The second-order valence-corrected chi connectivity index (χ2v) is 9.50. The van der Waals surface area contributed by atoms with Crippen LogP contribution in [-0.4, -0.2) is 23.0 Å². The van der Waals surface area contributed by atoms with Gasteiger partial charge in [0.1, 0.15) is 10.7 Å². The summed E-state index contributed by atoms with van der Waals surface area (Å²) in [6.07, 6.45) is 1.75. The van der Waals surface area contributed by atoms with Crippen LogP contribution in [0.1, 0.15) is 22.5 Å². The third-order valence-electron chi connectivity index (χ3n) is 5.07. The van der Waals surface area contributed by atoms with Gasteiger partial charge >= 0.3 is 0 Å². The molecule has 0 aliphatic rings. The predicted octanol–water partition coefficient (Wildman–Crippen LogP) is 4.70.